The number of carbonyl (C=O) groups excluding carboxylic acids is 1. The van der Waals surface area contributed by atoms with Crippen LogP contribution < -0.4 is 4.90 Å². The van der Waals surface area contributed by atoms with Crippen LogP contribution in [0.2, 0.25) is 0 Å². The van der Waals surface area contributed by atoms with Gasteiger partial charge in [0.15, 0.2) is 0 Å². The Bertz CT molecular complexity index is 1310. The van der Waals surface area contributed by atoms with E-state index >= 15 is 0 Å². The van der Waals surface area contributed by atoms with Crippen molar-refractivity contribution in [1.29, 1.82) is 0 Å². The first kappa shape index (κ1) is 24.1. The highest BCUT2D eigenvalue weighted by molar-refractivity contribution is 7.98. The number of para-hydroxylation sites is 1. The molecule has 1 fully saturated rings. The number of carbonyl (C=O) groups is 1. The molecule has 1 aromatic heterocycles. The van der Waals surface area contributed by atoms with Gasteiger partial charge in [0, 0.05) is 48.7 Å². The molecule has 1 saturated heterocycles. The molecule has 1 amide bonds. The minimum absolute atomic E-state index is 0.108. The molecule has 0 bridgehead atoms. The molecule has 5 rings (SSSR count). The zero-order valence-corrected chi connectivity index (χ0v) is 21.5. The summed E-state index contributed by atoms with van der Waals surface area (Å²) in [5.74, 6) is 0.887. The molecule has 182 valence electrons. The lowest BCUT2D eigenvalue weighted by Crippen LogP contribution is -2.49. The normalized spacial score (nSPS) is 13.6. The molecule has 3 aromatic carbocycles. The average Bonchev–Trinajstić information content (AvgIpc) is 2.93. The SMILES string of the molecule is Cc1ccc(-c2ccc(SCc3ccc(C(=O)N4CCN(c5ccccc5C)CC4)cc3)nn2)cc1. The summed E-state index contributed by atoms with van der Waals surface area (Å²) < 4.78 is 0. The van der Waals surface area contributed by atoms with E-state index in [1.54, 1.807) is 11.8 Å². The fourth-order valence-electron chi connectivity index (χ4n) is 4.43. The largest absolute Gasteiger partial charge is 0.368 e. The summed E-state index contributed by atoms with van der Waals surface area (Å²) in [7, 11) is 0. The Morgan fingerprint density at radius 1 is 0.806 bits per heavy atom. The maximum absolute atomic E-state index is 13.1. The van der Waals surface area contributed by atoms with Crippen LogP contribution in [-0.4, -0.2) is 47.2 Å². The fraction of sp³-hybridized carbons (Fsp3) is 0.233. The van der Waals surface area contributed by atoms with Crippen molar-refractivity contribution in [2.45, 2.75) is 24.6 Å². The van der Waals surface area contributed by atoms with Gasteiger partial charge in [-0.1, -0.05) is 71.9 Å². The highest BCUT2D eigenvalue weighted by atomic mass is 32.2. The Labute approximate surface area is 217 Å². The van der Waals surface area contributed by atoms with Gasteiger partial charge in [-0.3, -0.25) is 4.79 Å². The van der Waals surface area contributed by atoms with Crippen molar-refractivity contribution in [3.8, 4) is 11.3 Å². The van der Waals surface area contributed by atoms with Crippen molar-refractivity contribution >= 4 is 23.4 Å². The van der Waals surface area contributed by atoms with Crippen molar-refractivity contribution in [2.75, 3.05) is 31.1 Å². The van der Waals surface area contributed by atoms with Crippen LogP contribution in [0.3, 0.4) is 0 Å². The highest BCUT2D eigenvalue weighted by Crippen LogP contribution is 2.24. The van der Waals surface area contributed by atoms with Crippen LogP contribution in [0.5, 0.6) is 0 Å². The van der Waals surface area contributed by atoms with Crippen LogP contribution in [0.25, 0.3) is 11.3 Å². The second-order valence-electron chi connectivity index (χ2n) is 9.17. The van der Waals surface area contributed by atoms with Crippen LogP contribution in [-0.2, 0) is 5.75 Å². The number of benzene rings is 3. The van der Waals surface area contributed by atoms with E-state index < -0.39 is 0 Å². The van der Waals surface area contributed by atoms with E-state index in [0.717, 1.165) is 59.3 Å². The minimum atomic E-state index is 0.108. The van der Waals surface area contributed by atoms with Crippen molar-refractivity contribution in [3.63, 3.8) is 0 Å². The molecule has 1 aliphatic rings. The molecule has 0 unspecified atom stereocenters. The summed E-state index contributed by atoms with van der Waals surface area (Å²) in [4.78, 5) is 17.4. The van der Waals surface area contributed by atoms with Gasteiger partial charge in [0.2, 0.25) is 0 Å². The number of thioether (sulfide) groups is 1. The first-order valence-corrected chi connectivity index (χ1v) is 13.3. The molecule has 0 aliphatic carbocycles. The van der Waals surface area contributed by atoms with Crippen LogP contribution in [0.15, 0.2) is 90.0 Å². The Hall–Kier alpha value is -3.64. The van der Waals surface area contributed by atoms with E-state index in [-0.39, 0.29) is 5.91 Å². The number of anilines is 1. The topological polar surface area (TPSA) is 49.3 Å². The number of piperazine rings is 1. The van der Waals surface area contributed by atoms with E-state index in [4.69, 9.17) is 0 Å². The maximum Gasteiger partial charge on any atom is 0.253 e. The number of aryl methyl sites for hydroxylation is 2. The summed E-state index contributed by atoms with van der Waals surface area (Å²) in [5.41, 5.74) is 7.62. The lowest BCUT2D eigenvalue weighted by atomic mass is 10.1. The van der Waals surface area contributed by atoms with Gasteiger partial charge >= 0.3 is 0 Å². The van der Waals surface area contributed by atoms with E-state index in [9.17, 15) is 4.79 Å². The molecule has 5 nitrogen and oxygen atoms in total. The van der Waals surface area contributed by atoms with Gasteiger partial charge < -0.3 is 9.80 Å². The lowest BCUT2D eigenvalue weighted by molar-refractivity contribution is 0.0747. The van der Waals surface area contributed by atoms with E-state index in [0.29, 0.717) is 0 Å². The van der Waals surface area contributed by atoms with E-state index in [1.165, 1.54) is 16.8 Å². The standard InChI is InChI=1S/C30H30N4OS/c1-22-7-11-25(12-8-22)27-15-16-29(32-31-27)36-21-24-9-13-26(14-10-24)30(35)34-19-17-33(18-20-34)28-6-4-3-5-23(28)2/h3-16H,17-21H2,1-2H3. The second kappa shape index (κ2) is 11.0. The number of rotatable bonds is 6. The molecule has 6 heteroatoms. The first-order chi connectivity index (χ1) is 17.6. The zero-order chi connectivity index (χ0) is 24.9. The number of nitrogens with zero attached hydrogens (tertiary/aromatic N) is 4. The highest BCUT2D eigenvalue weighted by Gasteiger charge is 2.22. The lowest BCUT2D eigenvalue weighted by Gasteiger charge is -2.36. The number of aromatic nitrogens is 2. The monoisotopic (exact) mass is 494 g/mol. The number of hydrogen-bond donors (Lipinski definition) is 0. The molecule has 0 atom stereocenters. The van der Waals surface area contributed by atoms with Crippen molar-refractivity contribution in [3.05, 3.63) is 107 Å². The third kappa shape index (κ3) is 5.60. The number of hydrogen-bond acceptors (Lipinski definition) is 5. The predicted octanol–water partition coefficient (Wildman–Crippen LogP) is 6.02. The molecule has 0 N–H and O–H groups in total. The van der Waals surface area contributed by atoms with Gasteiger partial charge in [0.25, 0.3) is 5.91 Å². The summed E-state index contributed by atoms with van der Waals surface area (Å²) >= 11 is 1.65. The summed E-state index contributed by atoms with van der Waals surface area (Å²) in [6.45, 7) is 7.40. The van der Waals surface area contributed by atoms with Crippen LogP contribution in [0.1, 0.15) is 27.0 Å². The molecule has 1 aliphatic heterocycles. The van der Waals surface area contributed by atoms with Crippen molar-refractivity contribution in [1.82, 2.24) is 15.1 Å². The molecule has 0 spiro atoms. The summed E-state index contributed by atoms with van der Waals surface area (Å²) in [6, 6.07) is 28.7. The van der Waals surface area contributed by atoms with Gasteiger partial charge in [-0.2, -0.15) is 0 Å². The van der Waals surface area contributed by atoms with Gasteiger partial charge in [-0.15, -0.1) is 10.2 Å². The number of amides is 1. The van der Waals surface area contributed by atoms with Crippen LogP contribution in [0.4, 0.5) is 5.69 Å². The van der Waals surface area contributed by atoms with Gasteiger partial charge in [0.1, 0.15) is 5.03 Å². The fourth-order valence-corrected chi connectivity index (χ4v) is 5.20. The third-order valence-electron chi connectivity index (χ3n) is 6.60. The third-order valence-corrected chi connectivity index (χ3v) is 7.59. The average molecular weight is 495 g/mol. The Kier molecular flexibility index (Phi) is 7.33. The van der Waals surface area contributed by atoms with Gasteiger partial charge in [-0.25, -0.2) is 0 Å². The Morgan fingerprint density at radius 3 is 2.19 bits per heavy atom. The van der Waals surface area contributed by atoms with E-state index in [1.807, 2.05) is 41.3 Å². The van der Waals surface area contributed by atoms with Gasteiger partial charge in [-0.05, 0) is 55.3 Å². The molecule has 4 aromatic rings. The second-order valence-corrected chi connectivity index (χ2v) is 10.2. The minimum Gasteiger partial charge on any atom is -0.368 e. The molecular formula is C30H30N4OS. The predicted molar refractivity (Wildman–Crippen MR) is 148 cm³/mol. The molecule has 0 saturated carbocycles. The van der Waals surface area contributed by atoms with Crippen molar-refractivity contribution < 1.29 is 4.79 Å². The molecule has 0 radical (unpaired) electrons. The first-order valence-electron chi connectivity index (χ1n) is 12.3. The van der Waals surface area contributed by atoms with Crippen molar-refractivity contribution in [2.24, 2.45) is 0 Å². The van der Waals surface area contributed by atoms with Crippen LogP contribution in [0, 0.1) is 13.8 Å². The molecular weight excluding hydrogens is 464 g/mol. The quantitative estimate of drug-likeness (QED) is 0.307. The zero-order valence-electron chi connectivity index (χ0n) is 20.7. The molecule has 2 heterocycles. The van der Waals surface area contributed by atoms with Crippen LogP contribution >= 0.6 is 11.8 Å². The van der Waals surface area contributed by atoms with Gasteiger partial charge in [0.05, 0.1) is 5.69 Å². The molecule has 36 heavy (non-hydrogen) atoms. The van der Waals surface area contributed by atoms with E-state index in [2.05, 4.69) is 77.5 Å². The maximum atomic E-state index is 13.1. The summed E-state index contributed by atoms with van der Waals surface area (Å²) in [6.07, 6.45) is 0. The smallest absolute Gasteiger partial charge is 0.253 e. The summed E-state index contributed by atoms with van der Waals surface area (Å²) in [5, 5.41) is 9.65. The Balaban J connectivity index is 1.13. The Morgan fingerprint density at radius 2 is 1.53 bits per heavy atom.